The topological polar surface area (TPSA) is 81.4 Å². The van der Waals surface area contributed by atoms with Crippen molar-refractivity contribution < 1.29 is 13.2 Å². The van der Waals surface area contributed by atoms with Gasteiger partial charge in [0.15, 0.2) is 0 Å². The maximum atomic E-state index is 12.2. The van der Waals surface area contributed by atoms with E-state index in [1.54, 1.807) is 48.5 Å². The highest BCUT2D eigenvalue weighted by Crippen LogP contribution is 2.19. The number of ether oxygens (including phenoxy) is 1. The van der Waals surface area contributed by atoms with Gasteiger partial charge in [0.05, 0.1) is 4.90 Å². The summed E-state index contributed by atoms with van der Waals surface area (Å²) in [5, 5.41) is 0. The molecule has 0 saturated heterocycles. The smallest absolute Gasteiger partial charge is 0.261 e. The zero-order chi connectivity index (χ0) is 15.3. The molecule has 0 atom stereocenters. The summed E-state index contributed by atoms with van der Waals surface area (Å²) in [6, 6.07) is 13.4. The van der Waals surface area contributed by atoms with Gasteiger partial charge in [-0.1, -0.05) is 17.7 Å². The zero-order valence-electron chi connectivity index (χ0n) is 11.7. The lowest BCUT2D eigenvalue weighted by Gasteiger charge is -2.09. The molecule has 112 valence electrons. The van der Waals surface area contributed by atoms with Crippen LogP contribution in [0.3, 0.4) is 0 Å². The van der Waals surface area contributed by atoms with Gasteiger partial charge in [0.1, 0.15) is 12.4 Å². The van der Waals surface area contributed by atoms with Gasteiger partial charge < -0.3 is 10.5 Å². The first-order valence-corrected chi connectivity index (χ1v) is 8.02. The molecule has 0 aliphatic heterocycles. The molecule has 3 N–H and O–H groups in total. The number of aryl methyl sites for hydroxylation is 1. The standard InChI is InChI=1S/C15H18N2O3S/c1-12-2-8-15(9-3-12)21(18,19)17-13-4-6-14(7-5-13)20-11-10-16/h2-9,17H,10-11,16H2,1H3. The Morgan fingerprint density at radius 1 is 1.05 bits per heavy atom. The molecule has 2 aromatic carbocycles. The Bertz CT molecular complexity index is 680. The molecule has 2 aromatic rings. The summed E-state index contributed by atoms with van der Waals surface area (Å²) >= 11 is 0. The van der Waals surface area contributed by atoms with Gasteiger partial charge in [0.25, 0.3) is 10.0 Å². The number of benzene rings is 2. The summed E-state index contributed by atoms with van der Waals surface area (Å²) in [6.07, 6.45) is 0. The average Bonchev–Trinajstić information content (AvgIpc) is 2.47. The van der Waals surface area contributed by atoms with Gasteiger partial charge >= 0.3 is 0 Å². The number of nitrogens with one attached hydrogen (secondary N) is 1. The molecule has 2 rings (SSSR count). The summed E-state index contributed by atoms with van der Waals surface area (Å²) in [6.45, 7) is 2.76. The predicted molar refractivity (Wildman–Crippen MR) is 83.0 cm³/mol. The number of rotatable bonds is 6. The molecule has 21 heavy (non-hydrogen) atoms. The Hall–Kier alpha value is -2.05. The van der Waals surface area contributed by atoms with Crippen LogP contribution in [0.15, 0.2) is 53.4 Å². The van der Waals surface area contributed by atoms with Crippen LogP contribution in [0.25, 0.3) is 0 Å². The van der Waals surface area contributed by atoms with Gasteiger partial charge in [0.2, 0.25) is 0 Å². The highest BCUT2D eigenvalue weighted by molar-refractivity contribution is 7.92. The number of nitrogens with two attached hydrogens (primary N) is 1. The molecule has 6 heteroatoms. The second-order valence-electron chi connectivity index (χ2n) is 4.58. The molecule has 0 unspecified atom stereocenters. The zero-order valence-corrected chi connectivity index (χ0v) is 12.6. The van der Waals surface area contributed by atoms with Gasteiger partial charge in [-0.3, -0.25) is 4.72 Å². The first-order chi connectivity index (χ1) is 10.0. The van der Waals surface area contributed by atoms with Gasteiger partial charge in [-0.2, -0.15) is 0 Å². The number of sulfonamides is 1. The molecule has 0 bridgehead atoms. The minimum atomic E-state index is -3.57. The van der Waals surface area contributed by atoms with Crippen LogP contribution in [-0.2, 0) is 10.0 Å². The van der Waals surface area contributed by atoms with E-state index >= 15 is 0 Å². The van der Waals surface area contributed by atoms with Gasteiger partial charge in [-0.05, 0) is 43.3 Å². The maximum Gasteiger partial charge on any atom is 0.261 e. The fourth-order valence-electron chi connectivity index (χ4n) is 1.73. The summed E-state index contributed by atoms with van der Waals surface area (Å²) in [4.78, 5) is 0.233. The Balaban J connectivity index is 2.11. The van der Waals surface area contributed by atoms with E-state index in [1.165, 1.54) is 0 Å². The van der Waals surface area contributed by atoms with Gasteiger partial charge in [-0.15, -0.1) is 0 Å². The van der Waals surface area contributed by atoms with Crippen LogP contribution in [0.2, 0.25) is 0 Å². The van der Waals surface area contributed by atoms with E-state index in [9.17, 15) is 8.42 Å². The highest BCUT2D eigenvalue weighted by atomic mass is 32.2. The van der Waals surface area contributed by atoms with Crippen molar-refractivity contribution in [2.24, 2.45) is 5.73 Å². The molecule has 0 saturated carbocycles. The van der Waals surface area contributed by atoms with Gasteiger partial charge in [0, 0.05) is 12.2 Å². The second-order valence-corrected chi connectivity index (χ2v) is 6.26. The van der Waals surface area contributed by atoms with Crippen molar-refractivity contribution in [2.75, 3.05) is 17.9 Å². The van der Waals surface area contributed by atoms with Crippen LogP contribution in [-0.4, -0.2) is 21.6 Å². The molecular formula is C15H18N2O3S. The Labute approximate surface area is 124 Å². The molecule has 5 nitrogen and oxygen atoms in total. The minimum Gasteiger partial charge on any atom is -0.492 e. The van der Waals surface area contributed by atoms with Crippen LogP contribution in [0.4, 0.5) is 5.69 Å². The Morgan fingerprint density at radius 3 is 2.24 bits per heavy atom. The molecule has 0 fully saturated rings. The van der Waals surface area contributed by atoms with Crippen LogP contribution in [0, 0.1) is 6.92 Å². The highest BCUT2D eigenvalue weighted by Gasteiger charge is 2.13. The lowest BCUT2D eigenvalue weighted by Crippen LogP contribution is -2.13. The van der Waals surface area contributed by atoms with Crippen LogP contribution in [0.5, 0.6) is 5.75 Å². The lowest BCUT2D eigenvalue weighted by molar-refractivity contribution is 0.328. The van der Waals surface area contributed by atoms with E-state index in [2.05, 4.69) is 4.72 Å². The third-order valence-electron chi connectivity index (χ3n) is 2.82. The molecule has 0 spiro atoms. The van der Waals surface area contributed by atoms with Crippen molar-refractivity contribution in [1.29, 1.82) is 0 Å². The largest absolute Gasteiger partial charge is 0.492 e. The SMILES string of the molecule is Cc1ccc(S(=O)(=O)Nc2ccc(OCCN)cc2)cc1. The summed E-state index contributed by atoms with van der Waals surface area (Å²) < 4.78 is 32.3. The lowest BCUT2D eigenvalue weighted by atomic mass is 10.2. The van der Waals surface area contributed by atoms with E-state index in [-0.39, 0.29) is 4.90 Å². The molecule has 0 aliphatic carbocycles. The van der Waals surface area contributed by atoms with Crippen LogP contribution < -0.4 is 15.2 Å². The molecule has 0 heterocycles. The average molecular weight is 306 g/mol. The van der Waals surface area contributed by atoms with E-state index in [4.69, 9.17) is 10.5 Å². The molecule has 0 aromatic heterocycles. The van der Waals surface area contributed by atoms with Crippen molar-refractivity contribution in [3.8, 4) is 5.75 Å². The van der Waals surface area contributed by atoms with E-state index in [1.807, 2.05) is 6.92 Å². The Morgan fingerprint density at radius 2 is 1.67 bits per heavy atom. The fraction of sp³-hybridized carbons (Fsp3) is 0.200. The third kappa shape index (κ3) is 4.21. The monoisotopic (exact) mass is 306 g/mol. The van der Waals surface area contributed by atoms with Gasteiger partial charge in [-0.25, -0.2) is 8.42 Å². The summed E-state index contributed by atoms with van der Waals surface area (Å²) in [7, 11) is -3.57. The summed E-state index contributed by atoms with van der Waals surface area (Å²) in [5.41, 5.74) is 6.84. The normalized spacial score (nSPS) is 11.1. The molecule has 0 radical (unpaired) electrons. The number of anilines is 1. The molecule has 0 aliphatic rings. The van der Waals surface area contributed by atoms with Crippen molar-refractivity contribution in [1.82, 2.24) is 0 Å². The second kappa shape index (κ2) is 6.60. The fourth-order valence-corrected chi connectivity index (χ4v) is 2.79. The first kappa shape index (κ1) is 15.3. The van der Waals surface area contributed by atoms with Crippen molar-refractivity contribution in [2.45, 2.75) is 11.8 Å². The Kier molecular flexibility index (Phi) is 4.82. The summed E-state index contributed by atoms with van der Waals surface area (Å²) in [5.74, 6) is 0.652. The minimum absolute atomic E-state index is 0.233. The number of hydrogen-bond acceptors (Lipinski definition) is 4. The van der Waals surface area contributed by atoms with Crippen molar-refractivity contribution >= 4 is 15.7 Å². The number of hydrogen-bond donors (Lipinski definition) is 2. The van der Waals surface area contributed by atoms with E-state index in [0.717, 1.165) is 5.56 Å². The predicted octanol–water partition coefficient (Wildman–Crippen LogP) is 2.13. The van der Waals surface area contributed by atoms with Crippen LogP contribution in [0.1, 0.15) is 5.56 Å². The van der Waals surface area contributed by atoms with Crippen LogP contribution >= 0.6 is 0 Å². The van der Waals surface area contributed by atoms with Crippen molar-refractivity contribution in [3.05, 3.63) is 54.1 Å². The maximum absolute atomic E-state index is 12.2. The first-order valence-electron chi connectivity index (χ1n) is 6.54. The molecule has 0 amide bonds. The van der Waals surface area contributed by atoms with E-state index in [0.29, 0.717) is 24.6 Å². The van der Waals surface area contributed by atoms with Crippen molar-refractivity contribution in [3.63, 3.8) is 0 Å². The molecular weight excluding hydrogens is 288 g/mol. The van der Waals surface area contributed by atoms with E-state index < -0.39 is 10.0 Å². The third-order valence-corrected chi connectivity index (χ3v) is 4.22. The quantitative estimate of drug-likeness (QED) is 0.856.